The fourth-order valence-electron chi connectivity index (χ4n) is 3.86. The van der Waals surface area contributed by atoms with Crippen molar-refractivity contribution in [2.24, 2.45) is 0 Å². The lowest BCUT2D eigenvalue weighted by Gasteiger charge is -2.32. The van der Waals surface area contributed by atoms with E-state index in [-0.39, 0.29) is 5.91 Å². The summed E-state index contributed by atoms with van der Waals surface area (Å²) >= 11 is 1.65. The standard InChI is InChI=1S/C17H29N5O2S/c1-13(2)22-16(18-19-17(22)25-3)14-5-4-6-20(11-14)12-15(23)21-7-9-24-10-8-21/h13-14H,4-12H2,1-3H3/p+1/t14-/m0/s1. The number of likely N-dealkylation sites (tertiary alicyclic amines) is 1. The Labute approximate surface area is 154 Å². The van der Waals surface area contributed by atoms with Crippen LogP contribution in [0.4, 0.5) is 0 Å². The van der Waals surface area contributed by atoms with Crippen molar-refractivity contribution in [1.29, 1.82) is 0 Å². The third kappa shape index (κ3) is 4.35. The maximum Gasteiger partial charge on any atom is 0.277 e. The van der Waals surface area contributed by atoms with Crippen molar-refractivity contribution in [3.8, 4) is 0 Å². The van der Waals surface area contributed by atoms with E-state index >= 15 is 0 Å². The summed E-state index contributed by atoms with van der Waals surface area (Å²) in [6.07, 6.45) is 4.32. The molecule has 0 spiro atoms. The number of ether oxygens (including phenoxy) is 1. The lowest BCUT2D eigenvalue weighted by molar-refractivity contribution is -0.898. The summed E-state index contributed by atoms with van der Waals surface area (Å²) in [7, 11) is 0. The first-order valence-electron chi connectivity index (χ1n) is 9.28. The van der Waals surface area contributed by atoms with Crippen molar-refractivity contribution in [3.05, 3.63) is 5.82 Å². The average Bonchev–Trinajstić information content (AvgIpc) is 3.07. The van der Waals surface area contributed by atoms with Crippen LogP contribution in [-0.2, 0) is 9.53 Å². The minimum Gasteiger partial charge on any atom is -0.378 e. The molecule has 3 rings (SSSR count). The van der Waals surface area contributed by atoms with Crippen LogP contribution in [0, 0.1) is 0 Å². The Hall–Kier alpha value is -1.12. The SMILES string of the molecule is CSc1nnc([C@H]2CCC[NH+](CC(=O)N3CCOCC3)C2)n1C(C)C. The van der Waals surface area contributed by atoms with Crippen molar-refractivity contribution in [2.75, 3.05) is 52.2 Å². The summed E-state index contributed by atoms with van der Waals surface area (Å²) in [5, 5.41) is 9.86. The maximum atomic E-state index is 12.5. The van der Waals surface area contributed by atoms with Gasteiger partial charge in [0.05, 0.1) is 32.2 Å². The summed E-state index contributed by atoms with van der Waals surface area (Å²) in [6, 6.07) is 0.354. The molecule has 7 nitrogen and oxygen atoms in total. The van der Waals surface area contributed by atoms with Gasteiger partial charge in [-0.3, -0.25) is 4.79 Å². The predicted octanol–water partition coefficient (Wildman–Crippen LogP) is 0.202. The number of quaternary nitrogens is 1. The van der Waals surface area contributed by atoms with Crippen LogP contribution < -0.4 is 4.90 Å². The number of nitrogens with one attached hydrogen (secondary N) is 1. The van der Waals surface area contributed by atoms with Gasteiger partial charge in [-0.15, -0.1) is 10.2 Å². The predicted molar refractivity (Wildman–Crippen MR) is 97.1 cm³/mol. The maximum absolute atomic E-state index is 12.5. The van der Waals surface area contributed by atoms with Gasteiger partial charge in [-0.05, 0) is 32.9 Å². The number of hydrogen-bond acceptors (Lipinski definition) is 5. The first kappa shape index (κ1) is 18.7. The van der Waals surface area contributed by atoms with E-state index in [1.165, 1.54) is 4.90 Å². The molecule has 2 aliphatic heterocycles. The Bertz CT molecular complexity index is 586. The third-order valence-corrected chi connectivity index (χ3v) is 5.78. The monoisotopic (exact) mass is 368 g/mol. The molecule has 0 saturated carbocycles. The molecule has 2 saturated heterocycles. The molecule has 2 fully saturated rings. The topological polar surface area (TPSA) is 64.7 Å². The first-order valence-corrected chi connectivity index (χ1v) is 10.5. The van der Waals surface area contributed by atoms with Crippen LogP contribution in [-0.4, -0.2) is 77.8 Å². The van der Waals surface area contributed by atoms with Crippen LogP contribution in [0.3, 0.4) is 0 Å². The van der Waals surface area contributed by atoms with E-state index in [1.54, 1.807) is 11.8 Å². The number of hydrogen-bond donors (Lipinski definition) is 1. The van der Waals surface area contributed by atoms with Crippen molar-refractivity contribution in [3.63, 3.8) is 0 Å². The van der Waals surface area contributed by atoms with Crippen LogP contribution in [0.1, 0.15) is 44.5 Å². The molecule has 0 aliphatic carbocycles. The third-order valence-electron chi connectivity index (χ3n) is 5.14. The highest BCUT2D eigenvalue weighted by atomic mass is 32.2. The molecule has 1 amide bonds. The van der Waals surface area contributed by atoms with E-state index in [9.17, 15) is 4.79 Å². The Morgan fingerprint density at radius 1 is 1.36 bits per heavy atom. The first-order chi connectivity index (χ1) is 12.1. The Morgan fingerprint density at radius 2 is 2.12 bits per heavy atom. The minimum absolute atomic E-state index is 0.258. The van der Waals surface area contributed by atoms with Crippen LogP contribution >= 0.6 is 11.8 Å². The van der Waals surface area contributed by atoms with Gasteiger partial charge in [0, 0.05) is 19.1 Å². The average molecular weight is 369 g/mol. The van der Waals surface area contributed by atoms with Gasteiger partial charge in [0.2, 0.25) is 0 Å². The second-order valence-electron chi connectivity index (χ2n) is 7.22. The molecule has 8 heteroatoms. The Kier molecular flexibility index (Phi) is 6.35. The van der Waals surface area contributed by atoms with Gasteiger partial charge in [-0.2, -0.15) is 0 Å². The van der Waals surface area contributed by atoms with Gasteiger partial charge in [0.15, 0.2) is 11.7 Å². The van der Waals surface area contributed by atoms with Gasteiger partial charge in [0.25, 0.3) is 5.91 Å². The molecule has 25 heavy (non-hydrogen) atoms. The van der Waals surface area contributed by atoms with Crippen molar-refractivity contribution in [2.45, 2.75) is 43.8 Å². The number of amides is 1. The van der Waals surface area contributed by atoms with E-state index in [2.05, 4.69) is 28.6 Å². The van der Waals surface area contributed by atoms with Gasteiger partial charge >= 0.3 is 0 Å². The van der Waals surface area contributed by atoms with E-state index < -0.39 is 0 Å². The zero-order valence-electron chi connectivity index (χ0n) is 15.5. The molecule has 3 heterocycles. The molecule has 1 aromatic rings. The molecule has 2 atom stereocenters. The van der Waals surface area contributed by atoms with E-state index in [0.29, 0.717) is 31.7 Å². The molecular weight excluding hydrogens is 338 g/mol. The molecule has 1 unspecified atom stereocenters. The number of morpholine rings is 1. The molecule has 140 valence electrons. The van der Waals surface area contributed by atoms with Crippen LogP contribution in [0.15, 0.2) is 5.16 Å². The normalized spacial score (nSPS) is 24.7. The van der Waals surface area contributed by atoms with E-state index in [4.69, 9.17) is 4.74 Å². The summed E-state index contributed by atoms with van der Waals surface area (Å²) < 4.78 is 7.61. The van der Waals surface area contributed by atoms with Gasteiger partial charge < -0.3 is 19.1 Å². The zero-order valence-corrected chi connectivity index (χ0v) is 16.3. The summed E-state index contributed by atoms with van der Waals surface area (Å²) in [5.74, 6) is 1.74. The number of nitrogens with zero attached hydrogens (tertiary/aromatic N) is 4. The second kappa shape index (κ2) is 8.51. The number of rotatable bonds is 5. The molecule has 0 aromatic carbocycles. The van der Waals surface area contributed by atoms with Crippen molar-refractivity contribution < 1.29 is 14.4 Å². The summed E-state index contributed by atoms with van der Waals surface area (Å²) in [6.45, 7) is 9.78. The quantitative estimate of drug-likeness (QED) is 0.753. The van der Waals surface area contributed by atoms with Crippen LogP contribution in [0.25, 0.3) is 0 Å². The molecule has 2 aliphatic rings. The highest BCUT2D eigenvalue weighted by Crippen LogP contribution is 2.27. The molecule has 1 aromatic heterocycles. The lowest BCUT2D eigenvalue weighted by atomic mass is 9.97. The summed E-state index contributed by atoms with van der Waals surface area (Å²) in [5.41, 5.74) is 0. The highest BCUT2D eigenvalue weighted by molar-refractivity contribution is 7.98. The number of aromatic nitrogens is 3. The lowest BCUT2D eigenvalue weighted by Crippen LogP contribution is -3.14. The number of carbonyl (C=O) groups is 1. The molecule has 1 N–H and O–H groups in total. The molecule has 0 radical (unpaired) electrons. The van der Waals surface area contributed by atoms with Gasteiger partial charge in [0.1, 0.15) is 5.82 Å². The number of piperidine rings is 1. The van der Waals surface area contributed by atoms with E-state index in [0.717, 1.165) is 50.0 Å². The Balaban J connectivity index is 1.65. The largest absolute Gasteiger partial charge is 0.378 e. The highest BCUT2D eigenvalue weighted by Gasteiger charge is 2.32. The van der Waals surface area contributed by atoms with Crippen LogP contribution in [0.5, 0.6) is 0 Å². The van der Waals surface area contributed by atoms with E-state index in [1.807, 2.05) is 11.2 Å². The van der Waals surface area contributed by atoms with Crippen LogP contribution in [0.2, 0.25) is 0 Å². The fraction of sp³-hybridized carbons (Fsp3) is 0.824. The smallest absolute Gasteiger partial charge is 0.277 e. The molecular formula is C17H30N5O2S+. The van der Waals surface area contributed by atoms with Crippen molar-refractivity contribution in [1.82, 2.24) is 19.7 Å². The Morgan fingerprint density at radius 3 is 2.80 bits per heavy atom. The number of thioether (sulfide) groups is 1. The second-order valence-corrected chi connectivity index (χ2v) is 8.00. The van der Waals surface area contributed by atoms with Crippen molar-refractivity contribution >= 4 is 17.7 Å². The summed E-state index contributed by atoms with van der Waals surface area (Å²) in [4.78, 5) is 15.9. The van der Waals surface area contributed by atoms with Gasteiger partial charge in [-0.1, -0.05) is 11.8 Å². The number of carbonyl (C=O) groups excluding carboxylic acids is 1. The minimum atomic E-state index is 0.258. The molecule has 0 bridgehead atoms. The fourth-order valence-corrected chi connectivity index (χ4v) is 4.49. The van der Waals surface area contributed by atoms with Gasteiger partial charge in [-0.25, -0.2) is 0 Å². The zero-order chi connectivity index (χ0) is 17.8.